The van der Waals surface area contributed by atoms with Crippen molar-refractivity contribution in [3.63, 3.8) is 0 Å². The van der Waals surface area contributed by atoms with Crippen molar-refractivity contribution in [3.8, 4) is 0 Å². The van der Waals surface area contributed by atoms with Crippen molar-refractivity contribution >= 4 is 46.4 Å². The van der Waals surface area contributed by atoms with Crippen LogP contribution in [0.3, 0.4) is 0 Å². The Morgan fingerprint density at radius 3 is 2.29 bits per heavy atom. The molecule has 3 aromatic rings. The number of benzene rings is 3. The molecule has 0 unspecified atom stereocenters. The summed E-state index contributed by atoms with van der Waals surface area (Å²) in [5, 5.41) is 13.0. The summed E-state index contributed by atoms with van der Waals surface area (Å²) in [6.07, 6.45) is 1.86. The van der Waals surface area contributed by atoms with E-state index < -0.39 is 12.1 Å². The normalized spacial score (nSPS) is 14.9. The van der Waals surface area contributed by atoms with Crippen LogP contribution in [-0.2, 0) is 9.63 Å². The Balaban J connectivity index is 1.46. The van der Waals surface area contributed by atoms with E-state index in [1.165, 1.54) is 7.11 Å². The van der Waals surface area contributed by atoms with Crippen LogP contribution in [0.25, 0.3) is 0 Å². The Morgan fingerprint density at radius 1 is 0.943 bits per heavy atom. The average molecular weight is 492 g/mol. The van der Waals surface area contributed by atoms with Gasteiger partial charge in [0.2, 0.25) is 0 Å². The number of carbonyl (C=O) groups excluding carboxylic acids is 2. The number of amides is 3. The van der Waals surface area contributed by atoms with Crippen molar-refractivity contribution in [1.29, 1.82) is 0 Å². The highest BCUT2D eigenvalue weighted by Crippen LogP contribution is 2.25. The van der Waals surface area contributed by atoms with E-state index in [0.717, 1.165) is 30.9 Å². The molecule has 1 atom stereocenters. The maximum absolute atomic E-state index is 13.2. The van der Waals surface area contributed by atoms with Crippen molar-refractivity contribution in [2.24, 2.45) is 5.16 Å². The molecule has 3 N–H and O–H groups in total. The SMILES string of the molecule is CON=C1CCCN1c1ccc(NC(=O)[C@H](NC(=O)Nc2ccc(Cl)cc2)c2ccccc2)cc1. The number of anilines is 3. The van der Waals surface area contributed by atoms with E-state index in [4.69, 9.17) is 16.4 Å². The zero-order chi connectivity index (χ0) is 24.6. The van der Waals surface area contributed by atoms with Crippen LogP contribution in [0.1, 0.15) is 24.4 Å². The third kappa shape index (κ3) is 6.30. The first-order valence-corrected chi connectivity index (χ1v) is 11.6. The number of carbonyl (C=O) groups is 2. The molecule has 0 saturated carbocycles. The molecule has 180 valence electrons. The molecule has 3 aromatic carbocycles. The summed E-state index contributed by atoms with van der Waals surface area (Å²) in [5.41, 5.74) is 2.80. The van der Waals surface area contributed by atoms with Crippen molar-refractivity contribution in [2.75, 3.05) is 29.2 Å². The molecule has 0 bridgehead atoms. The average Bonchev–Trinajstić information content (AvgIpc) is 3.33. The molecule has 9 heteroatoms. The summed E-state index contributed by atoms with van der Waals surface area (Å²) in [4.78, 5) is 32.9. The van der Waals surface area contributed by atoms with E-state index in [-0.39, 0.29) is 5.91 Å². The third-order valence-corrected chi connectivity index (χ3v) is 5.76. The predicted octanol–water partition coefficient (Wildman–Crippen LogP) is 5.40. The molecule has 35 heavy (non-hydrogen) atoms. The fraction of sp³-hybridized carbons (Fsp3) is 0.192. The topological polar surface area (TPSA) is 95.1 Å². The Morgan fingerprint density at radius 2 is 1.60 bits per heavy atom. The second-order valence-electron chi connectivity index (χ2n) is 7.93. The molecule has 1 aliphatic heterocycles. The number of amidine groups is 1. The molecule has 0 radical (unpaired) electrons. The number of halogens is 1. The first-order chi connectivity index (χ1) is 17.0. The van der Waals surface area contributed by atoms with Crippen LogP contribution in [0.15, 0.2) is 84.0 Å². The molecule has 1 heterocycles. The van der Waals surface area contributed by atoms with E-state index in [9.17, 15) is 9.59 Å². The first kappa shape index (κ1) is 24.1. The van der Waals surface area contributed by atoms with Gasteiger partial charge < -0.3 is 25.7 Å². The highest BCUT2D eigenvalue weighted by atomic mass is 35.5. The first-order valence-electron chi connectivity index (χ1n) is 11.2. The molecule has 1 fully saturated rings. The van der Waals surface area contributed by atoms with Gasteiger partial charge in [-0.2, -0.15) is 0 Å². The van der Waals surface area contributed by atoms with E-state index in [1.54, 1.807) is 36.4 Å². The minimum absolute atomic E-state index is 0.363. The molecule has 0 aliphatic carbocycles. The van der Waals surface area contributed by atoms with Gasteiger partial charge in [0, 0.05) is 35.1 Å². The number of hydrogen-bond acceptors (Lipinski definition) is 4. The Bertz CT molecular complexity index is 1180. The van der Waals surface area contributed by atoms with Gasteiger partial charge in [-0.15, -0.1) is 0 Å². The molecule has 0 aromatic heterocycles. The smallest absolute Gasteiger partial charge is 0.320 e. The molecular formula is C26H26ClN5O3. The number of nitrogens with zero attached hydrogens (tertiary/aromatic N) is 2. The Hall–Kier alpha value is -4.04. The van der Waals surface area contributed by atoms with E-state index in [2.05, 4.69) is 26.0 Å². The van der Waals surface area contributed by atoms with Gasteiger partial charge in [-0.3, -0.25) is 4.79 Å². The van der Waals surface area contributed by atoms with Crippen LogP contribution in [0.4, 0.5) is 21.9 Å². The van der Waals surface area contributed by atoms with E-state index in [0.29, 0.717) is 22.0 Å². The number of nitrogens with one attached hydrogen (secondary N) is 3. The van der Waals surface area contributed by atoms with Crippen molar-refractivity contribution < 1.29 is 14.4 Å². The van der Waals surface area contributed by atoms with Gasteiger partial charge in [0.05, 0.1) is 0 Å². The predicted molar refractivity (Wildman–Crippen MR) is 139 cm³/mol. The number of oxime groups is 1. The standard InChI is InChI=1S/C26H26ClN5O3/c1-35-31-23-8-5-17-32(23)22-15-13-20(14-16-22)28-25(33)24(18-6-3-2-4-7-18)30-26(34)29-21-11-9-19(27)10-12-21/h2-4,6-7,9-16,24H,5,8,17H2,1H3,(H,28,33)(H2,29,30,34)/t24-/m1/s1. The van der Waals surface area contributed by atoms with Crippen LogP contribution in [0, 0.1) is 0 Å². The zero-order valence-corrected chi connectivity index (χ0v) is 20.0. The maximum Gasteiger partial charge on any atom is 0.320 e. The second-order valence-corrected chi connectivity index (χ2v) is 8.37. The number of urea groups is 1. The van der Waals surface area contributed by atoms with Gasteiger partial charge in [0.25, 0.3) is 5.91 Å². The lowest BCUT2D eigenvalue weighted by atomic mass is 10.1. The van der Waals surface area contributed by atoms with Gasteiger partial charge in [-0.25, -0.2) is 4.79 Å². The summed E-state index contributed by atoms with van der Waals surface area (Å²) in [7, 11) is 1.54. The van der Waals surface area contributed by atoms with Gasteiger partial charge in [0.1, 0.15) is 19.0 Å². The van der Waals surface area contributed by atoms with Crippen LogP contribution in [-0.4, -0.2) is 31.4 Å². The van der Waals surface area contributed by atoms with Crippen molar-refractivity contribution in [3.05, 3.63) is 89.4 Å². The molecule has 4 rings (SSSR count). The van der Waals surface area contributed by atoms with Gasteiger partial charge in [0.15, 0.2) is 0 Å². The fourth-order valence-corrected chi connectivity index (χ4v) is 3.98. The third-order valence-electron chi connectivity index (χ3n) is 5.51. The largest absolute Gasteiger partial charge is 0.398 e. The van der Waals surface area contributed by atoms with Gasteiger partial charge in [-0.05, 0) is 60.5 Å². The monoisotopic (exact) mass is 491 g/mol. The zero-order valence-electron chi connectivity index (χ0n) is 19.2. The maximum atomic E-state index is 13.2. The quantitative estimate of drug-likeness (QED) is 0.385. The molecule has 1 aliphatic rings. The minimum Gasteiger partial charge on any atom is -0.398 e. The molecule has 3 amide bonds. The van der Waals surface area contributed by atoms with Crippen LogP contribution >= 0.6 is 11.6 Å². The molecule has 1 saturated heterocycles. The lowest BCUT2D eigenvalue weighted by Gasteiger charge is -2.21. The summed E-state index contributed by atoms with van der Waals surface area (Å²) >= 11 is 5.90. The summed E-state index contributed by atoms with van der Waals surface area (Å²) in [6, 6.07) is 21.9. The highest BCUT2D eigenvalue weighted by Gasteiger charge is 2.24. The van der Waals surface area contributed by atoms with Crippen LogP contribution < -0.4 is 20.9 Å². The van der Waals surface area contributed by atoms with Gasteiger partial charge in [-0.1, -0.05) is 47.1 Å². The van der Waals surface area contributed by atoms with Crippen molar-refractivity contribution in [2.45, 2.75) is 18.9 Å². The minimum atomic E-state index is -0.901. The van der Waals surface area contributed by atoms with Crippen LogP contribution in [0.5, 0.6) is 0 Å². The molecule has 0 spiro atoms. The fourth-order valence-electron chi connectivity index (χ4n) is 3.85. The summed E-state index contributed by atoms with van der Waals surface area (Å²) < 4.78 is 0. The number of hydrogen-bond donors (Lipinski definition) is 3. The summed E-state index contributed by atoms with van der Waals surface area (Å²) in [6.45, 7) is 0.858. The molecule has 8 nitrogen and oxygen atoms in total. The Labute approximate surface area is 208 Å². The van der Waals surface area contributed by atoms with Crippen LogP contribution in [0.2, 0.25) is 5.02 Å². The number of rotatable bonds is 7. The van der Waals surface area contributed by atoms with Crippen molar-refractivity contribution in [1.82, 2.24) is 5.32 Å². The summed E-state index contributed by atoms with van der Waals surface area (Å²) in [5.74, 6) is 0.516. The Kier molecular flexibility index (Phi) is 7.84. The lowest BCUT2D eigenvalue weighted by molar-refractivity contribution is -0.118. The van der Waals surface area contributed by atoms with E-state index >= 15 is 0 Å². The second kappa shape index (κ2) is 11.4. The lowest BCUT2D eigenvalue weighted by Crippen LogP contribution is -2.39. The van der Waals surface area contributed by atoms with Gasteiger partial charge >= 0.3 is 6.03 Å². The van der Waals surface area contributed by atoms with E-state index in [1.807, 2.05) is 42.5 Å². The highest BCUT2D eigenvalue weighted by molar-refractivity contribution is 6.30. The molecular weight excluding hydrogens is 466 g/mol.